The summed E-state index contributed by atoms with van der Waals surface area (Å²) in [5.74, 6) is -3.07. The van der Waals surface area contributed by atoms with Crippen LogP contribution in [-0.4, -0.2) is 29.8 Å². The van der Waals surface area contributed by atoms with E-state index in [0.717, 1.165) is 12.1 Å². The molecule has 6 nitrogen and oxygen atoms in total. The van der Waals surface area contributed by atoms with Gasteiger partial charge in [0.05, 0.1) is 11.6 Å². The van der Waals surface area contributed by atoms with Crippen molar-refractivity contribution in [1.82, 2.24) is 10.2 Å². The number of methoxy groups -OCH3 is 1. The van der Waals surface area contributed by atoms with Gasteiger partial charge in [-0.05, 0) is 30.3 Å². The highest BCUT2D eigenvalue weighted by Gasteiger charge is 2.21. The molecule has 0 aliphatic carbocycles. The zero-order chi connectivity index (χ0) is 21.8. The summed E-state index contributed by atoms with van der Waals surface area (Å²) < 4.78 is 63.0. The first-order chi connectivity index (χ1) is 14.3. The number of aromatic nitrogens is 2. The quantitative estimate of drug-likeness (QED) is 0.491. The van der Waals surface area contributed by atoms with Crippen LogP contribution in [0.2, 0.25) is 5.02 Å². The van der Waals surface area contributed by atoms with Crippen LogP contribution in [0.15, 0.2) is 40.8 Å². The monoisotopic (exact) mass is 443 g/mol. The zero-order valence-corrected chi connectivity index (χ0v) is 16.2. The van der Waals surface area contributed by atoms with Crippen molar-refractivity contribution in [2.75, 3.05) is 18.6 Å². The number of hydrogen-bond donors (Lipinski definition) is 0. The summed E-state index contributed by atoms with van der Waals surface area (Å²) in [6.45, 7) is -0.518. The molecule has 0 saturated heterocycles. The zero-order valence-electron chi connectivity index (χ0n) is 15.4. The lowest BCUT2D eigenvalue weighted by Gasteiger charge is -2.23. The van der Waals surface area contributed by atoms with E-state index < -0.39 is 29.9 Å². The summed E-state index contributed by atoms with van der Waals surface area (Å²) >= 11 is 5.79. The normalized spacial score (nSPS) is 11.2. The molecule has 2 aromatic carbocycles. The van der Waals surface area contributed by atoms with Gasteiger partial charge in [-0.3, -0.25) is 4.79 Å². The van der Waals surface area contributed by atoms with Crippen LogP contribution in [0, 0.1) is 11.6 Å². The summed E-state index contributed by atoms with van der Waals surface area (Å²) in [4.78, 5) is 13.6. The van der Waals surface area contributed by atoms with Gasteiger partial charge in [-0.2, -0.15) is 8.78 Å². The third-order valence-corrected chi connectivity index (χ3v) is 4.33. The predicted molar refractivity (Wildman–Crippen MR) is 99.1 cm³/mol. The van der Waals surface area contributed by atoms with Crippen molar-refractivity contribution in [3.05, 3.63) is 64.5 Å². The Morgan fingerprint density at radius 2 is 1.93 bits per heavy atom. The molecule has 3 rings (SSSR count). The lowest BCUT2D eigenvalue weighted by molar-refractivity contribution is -0.122. The molecule has 30 heavy (non-hydrogen) atoms. The summed E-state index contributed by atoms with van der Waals surface area (Å²) in [6, 6.07) is 7.40. The van der Waals surface area contributed by atoms with Gasteiger partial charge in [0.2, 0.25) is 5.89 Å². The molecule has 0 bridgehead atoms. The maximum atomic E-state index is 14.7. The third-order valence-electron chi connectivity index (χ3n) is 4.04. The smallest absolute Gasteiger partial charge is 0.314 e. The molecule has 158 valence electrons. The van der Waals surface area contributed by atoms with Crippen molar-refractivity contribution >= 4 is 23.2 Å². The second-order valence-electron chi connectivity index (χ2n) is 6.06. The molecule has 1 amide bonds. The van der Waals surface area contributed by atoms with Crippen molar-refractivity contribution in [2.45, 2.75) is 13.0 Å². The van der Waals surface area contributed by atoms with E-state index in [1.54, 1.807) is 0 Å². The molecule has 0 N–H and O–H groups in total. The molecule has 3 aromatic rings. The van der Waals surface area contributed by atoms with Crippen molar-refractivity contribution in [3.8, 4) is 11.5 Å². The molecule has 1 heterocycles. The minimum Gasteiger partial charge on any atom is -0.415 e. The van der Waals surface area contributed by atoms with Gasteiger partial charge in [0.25, 0.3) is 11.8 Å². The molecule has 0 aliphatic heterocycles. The Hall–Kier alpha value is -2.98. The van der Waals surface area contributed by atoms with Gasteiger partial charge in [0.15, 0.2) is 0 Å². The lowest BCUT2D eigenvalue weighted by atomic mass is 10.1. The van der Waals surface area contributed by atoms with Gasteiger partial charge in [0, 0.05) is 23.9 Å². The standard InChI is InChI=1S/C19H14ClF4N3O3/c1-29-9-16(28)27(12-4-5-14(21)13(20)7-12)8-11-3-2-10(6-15(11)22)18-25-26-19(30-18)17(23)24/h2-7,17H,8-9H2,1H3. The maximum absolute atomic E-state index is 14.7. The highest BCUT2D eigenvalue weighted by Crippen LogP contribution is 2.27. The number of ether oxygens (including phenoxy) is 1. The SMILES string of the molecule is COCC(=O)N(Cc1ccc(-c2nnc(C(F)F)o2)cc1F)c1ccc(F)c(Cl)c1. The minimum atomic E-state index is -2.95. The van der Waals surface area contributed by atoms with Crippen molar-refractivity contribution in [1.29, 1.82) is 0 Å². The number of carbonyl (C=O) groups is 1. The molecule has 0 spiro atoms. The van der Waals surface area contributed by atoms with Crippen LogP contribution in [0.25, 0.3) is 11.5 Å². The summed E-state index contributed by atoms with van der Waals surface area (Å²) in [5, 5.41) is 6.45. The van der Waals surface area contributed by atoms with Crippen LogP contribution in [0.5, 0.6) is 0 Å². The van der Waals surface area contributed by atoms with Crippen molar-refractivity contribution < 1.29 is 31.5 Å². The average molecular weight is 444 g/mol. The molecule has 0 radical (unpaired) electrons. The Morgan fingerprint density at radius 1 is 1.17 bits per heavy atom. The highest BCUT2D eigenvalue weighted by atomic mass is 35.5. The number of carbonyl (C=O) groups excluding carboxylic acids is 1. The fourth-order valence-electron chi connectivity index (χ4n) is 2.60. The number of rotatable bonds is 7. The summed E-state index contributed by atoms with van der Waals surface area (Å²) in [6.07, 6.45) is -2.95. The van der Waals surface area contributed by atoms with Crippen molar-refractivity contribution in [2.24, 2.45) is 0 Å². The first-order valence-electron chi connectivity index (χ1n) is 8.45. The van der Waals surface area contributed by atoms with Gasteiger partial charge < -0.3 is 14.1 Å². The average Bonchev–Trinajstić information content (AvgIpc) is 3.20. The Bertz CT molecular complexity index is 1060. The van der Waals surface area contributed by atoms with Crippen LogP contribution >= 0.6 is 11.6 Å². The van der Waals surface area contributed by atoms with E-state index in [-0.39, 0.29) is 40.9 Å². The molecule has 0 saturated carbocycles. The second-order valence-corrected chi connectivity index (χ2v) is 6.47. The molecular weight excluding hydrogens is 430 g/mol. The number of nitrogens with zero attached hydrogens (tertiary/aromatic N) is 3. The lowest BCUT2D eigenvalue weighted by Crippen LogP contribution is -2.33. The molecule has 0 unspecified atom stereocenters. The fraction of sp³-hybridized carbons (Fsp3) is 0.211. The summed E-state index contributed by atoms with van der Waals surface area (Å²) in [7, 11) is 1.32. The topological polar surface area (TPSA) is 68.5 Å². The molecular formula is C19H14ClF4N3O3. The Morgan fingerprint density at radius 3 is 2.53 bits per heavy atom. The molecule has 0 aliphatic rings. The number of alkyl halides is 2. The number of amides is 1. The van der Waals surface area contributed by atoms with E-state index in [2.05, 4.69) is 10.2 Å². The van der Waals surface area contributed by atoms with Crippen LogP contribution < -0.4 is 4.90 Å². The van der Waals surface area contributed by atoms with Gasteiger partial charge in [0.1, 0.15) is 18.2 Å². The maximum Gasteiger partial charge on any atom is 0.314 e. The number of hydrogen-bond acceptors (Lipinski definition) is 5. The van der Waals surface area contributed by atoms with Gasteiger partial charge >= 0.3 is 6.43 Å². The molecule has 1 aromatic heterocycles. The summed E-state index contributed by atoms with van der Waals surface area (Å²) in [5.41, 5.74) is 0.429. The fourth-order valence-corrected chi connectivity index (χ4v) is 2.77. The van der Waals surface area contributed by atoms with E-state index in [1.165, 1.54) is 36.3 Å². The van der Waals surface area contributed by atoms with Crippen LogP contribution in [0.1, 0.15) is 17.9 Å². The predicted octanol–water partition coefficient (Wildman–Crippen LogP) is 4.79. The van der Waals surface area contributed by atoms with Gasteiger partial charge in [-0.15, -0.1) is 10.2 Å². The van der Waals surface area contributed by atoms with E-state index in [9.17, 15) is 22.4 Å². The van der Waals surface area contributed by atoms with Crippen LogP contribution in [0.4, 0.5) is 23.2 Å². The highest BCUT2D eigenvalue weighted by molar-refractivity contribution is 6.31. The van der Waals surface area contributed by atoms with Crippen LogP contribution in [0.3, 0.4) is 0 Å². The molecule has 11 heteroatoms. The Balaban J connectivity index is 1.90. The number of benzene rings is 2. The third kappa shape index (κ3) is 4.77. The van der Waals surface area contributed by atoms with E-state index >= 15 is 0 Å². The first-order valence-corrected chi connectivity index (χ1v) is 8.82. The first kappa shape index (κ1) is 21.7. The Labute approximate surface area is 173 Å². The largest absolute Gasteiger partial charge is 0.415 e. The Kier molecular flexibility index (Phi) is 6.68. The van der Waals surface area contributed by atoms with Gasteiger partial charge in [-0.25, -0.2) is 8.78 Å². The second kappa shape index (κ2) is 9.23. The van der Waals surface area contributed by atoms with E-state index in [1.807, 2.05) is 0 Å². The van der Waals surface area contributed by atoms with Crippen LogP contribution in [-0.2, 0) is 16.1 Å². The number of halogens is 5. The van der Waals surface area contributed by atoms with Gasteiger partial charge in [-0.1, -0.05) is 17.7 Å². The minimum absolute atomic E-state index is 0.0928. The van der Waals surface area contributed by atoms with Crippen molar-refractivity contribution in [3.63, 3.8) is 0 Å². The number of anilines is 1. The molecule has 0 fully saturated rings. The van der Waals surface area contributed by atoms with E-state index in [0.29, 0.717) is 0 Å². The molecule has 0 atom stereocenters. The van der Waals surface area contributed by atoms with E-state index in [4.69, 9.17) is 20.8 Å².